The van der Waals surface area contributed by atoms with Gasteiger partial charge in [-0.25, -0.2) is 0 Å². The van der Waals surface area contributed by atoms with Gasteiger partial charge in [0.25, 0.3) is 0 Å². The second-order valence-electron chi connectivity index (χ2n) is 4.69. The molecule has 3 rings (SSSR count). The Bertz CT molecular complexity index is 648. The smallest absolute Gasteiger partial charge is 0.228 e. The number of rotatable bonds is 3. The molecule has 2 aromatic rings. The van der Waals surface area contributed by atoms with E-state index in [1.807, 2.05) is 12.1 Å². The van der Waals surface area contributed by atoms with Crippen LogP contribution in [0, 0.1) is 6.92 Å². The van der Waals surface area contributed by atoms with E-state index in [-0.39, 0.29) is 5.91 Å². The molecule has 5 heteroatoms. The average Bonchev–Trinajstić information content (AvgIpc) is 2.91. The zero-order chi connectivity index (χ0) is 13.4. The van der Waals surface area contributed by atoms with E-state index in [1.165, 1.54) is 9.75 Å². The van der Waals surface area contributed by atoms with E-state index in [9.17, 15) is 4.79 Å². The molecule has 2 heterocycles. The highest BCUT2D eigenvalue weighted by atomic mass is 32.1. The molecule has 1 amide bonds. The molecule has 0 radical (unpaired) electrons. The van der Waals surface area contributed by atoms with E-state index in [0.717, 1.165) is 23.5 Å². The third-order valence-electron chi connectivity index (χ3n) is 3.15. The number of thiophene rings is 1. The minimum atomic E-state index is 0.0282. The van der Waals surface area contributed by atoms with Crippen LogP contribution in [0.1, 0.15) is 15.3 Å². The Kier molecular flexibility index (Phi) is 2.91. The average molecular weight is 273 g/mol. The van der Waals surface area contributed by atoms with Gasteiger partial charge in [0.15, 0.2) is 0 Å². The van der Waals surface area contributed by atoms with Crippen LogP contribution in [0.5, 0.6) is 0 Å². The monoisotopic (exact) mass is 273 g/mol. The molecule has 0 spiro atoms. The van der Waals surface area contributed by atoms with E-state index in [1.54, 1.807) is 11.3 Å². The number of hydrogen-bond acceptors (Lipinski definition) is 4. The topological polar surface area (TPSA) is 67.1 Å². The van der Waals surface area contributed by atoms with Gasteiger partial charge >= 0.3 is 0 Å². The fraction of sp³-hybridized carbons (Fsp3) is 0.214. The molecule has 0 saturated heterocycles. The predicted octanol–water partition coefficient (Wildman–Crippen LogP) is 2.75. The summed E-state index contributed by atoms with van der Waals surface area (Å²) in [6.07, 6.45) is 0.421. The highest BCUT2D eigenvalue weighted by Gasteiger charge is 2.19. The highest BCUT2D eigenvalue weighted by molar-refractivity contribution is 7.11. The Morgan fingerprint density at radius 1 is 1.42 bits per heavy atom. The minimum absolute atomic E-state index is 0.0282. The van der Waals surface area contributed by atoms with Crippen LogP contribution in [0.15, 0.2) is 24.3 Å². The molecule has 0 fully saturated rings. The molecule has 0 atom stereocenters. The van der Waals surface area contributed by atoms with E-state index in [2.05, 4.69) is 29.7 Å². The van der Waals surface area contributed by atoms with Gasteiger partial charge in [-0.2, -0.15) is 0 Å². The van der Waals surface area contributed by atoms with Gasteiger partial charge in [-0.05, 0) is 36.8 Å². The number of anilines is 3. The first-order valence-electron chi connectivity index (χ1n) is 6.13. The van der Waals surface area contributed by atoms with Gasteiger partial charge in [-0.1, -0.05) is 0 Å². The number of nitrogens with one attached hydrogen (secondary N) is 2. The van der Waals surface area contributed by atoms with Crippen molar-refractivity contribution in [3.8, 4) is 0 Å². The van der Waals surface area contributed by atoms with Crippen molar-refractivity contribution in [2.75, 3.05) is 16.4 Å². The van der Waals surface area contributed by atoms with Crippen molar-refractivity contribution in [1.29, 1.82) is 0 Å². The van der Waals surface area contributed by atoms with Gasteiger partial charge < -0.3 is 16.4 Å². The lowest BCUT2D eigenvalue weighted by molar-refractivity contribution is -0.115. The summed E-state index contributed by atoms with van der Waals surface area (Å²) in [5, 5.41) is 6.16. The fourth-order valence-corrected chi connectivity index (χ4v) is 3.04. The van der Waals surface area contributed by atoms with E-state index < -0.39 is 0 Å². The van der Waals surface area contributed by atoms with Gasteiger partial charge in [-0.15, -0.1) is 11.3 Å². The molecular weight excluding hydrogens is 258 g/mol. The molecule has 19 heavy (non-hydrogen) atoms. The second-order valence-corrected chi connectivity index (χ2v) is 6.06. The van der Waals surface area contributed by atoms with Gasteiger partial charge in [0, 0.05) is 22.0 Å². The second kappa shape index (κ2) is 4.59. The number of carbonyl (C=O) groups excluding carboxylic acids is 1. The van der Waals surface area contributed by atoms with Crippen LogP contribution >= 0.6 is 11.3 Å². The maximum absolute atomic E-state index is 11.3. The summed E-state index contributed by atoms with van der Waals surface area (Å²) in [5.74, 6) is 0.0282. The molecule has 1 aromatic carbocycles. The molecular formula is C14H15N3OS. The largest absolute Gasteiger partial charge is 0.397 e. The van der Waals surface area contributed by atoms with Gasteiger partial charge in [0.1, 0.15) is 0 Å². The van der Waals surface area contributed by atoms with Crippen molar-refractivity contribution in [3.05, 3.63) is 39.6 Å². The molecule has 1 aromatic heterocycles. The quantitative estimate of drug-likeness (QED) is 0.753. The van der Waals surface area contributed by atoms with Gasteiger partial charge in [0.05, 0.1) is 17.8 Å². The lowest BCUT2D eigenvalue weighted by atomic mass is 10.1. The highest BCUT2D eigenvalue weighted by Crippen LogP contribution is 2.32. The number of carbonyl (C=O) groups is 1. The van der Waals surface area contributed by atoms with Crippen molar-refractivity contribution < 1.29 is 4.79 Å². The lowest BCUT2D eigenvalue weighted by Gasteiger charge is -2.10. The molecule has 1 aliphatic rings. The molecule has 0 unspecified atom stereocenters. The SMILES string of the molecule is Cc1ccc(CNc2cc3c(cc2N)CC(=O)N3)s1. The Morgan fingerprint density at radius 3 is 3.00 bits per heavy atom. The summed E-state index contributed by atoms with van der Waals surface area (Å²) in [6, 6.07) is 8.00. The van der Waals surface area contributed by atoms with Crippen LogP contribution in [0.25, 0.3) is 0 Å². The molecule has 4 N–H and O–H groups in total. The van der Waals surface area contributed by atoms with Gasteiger partial charge in [0.2, 0.25) is 5.91 Å². The lowest BCUT2D eigenvalue weighted by Crippen LogP contribution is -2.04. The van der Waals surface area contributed by atoms with E-state index >= 15 is 0 Å². The van der Waals surface area contributed by atoms with Gasteiger partial charge in [-0.3, -0.25) is 4.79 Å². The number of benzene rings is 1. The van der Waals surface area contributed by atoms with Crippen molar-refractivity contribution in [3.63, 3.8) is 0 Å². The summed E-state index contributed by atoms with van der Waals surface area (Å²) >= 11 is 1.77. The normalized spacial score (nSPS) is 13.2. The predicted molar refractivity (Wildman–Crippen MR) is 79.6 cm³/mol. The fourth-order valence-electron chi connectivity index (χ4n) is 2.21. The first kappa shape index (κ1) is 12.0. The summed E-state index contributed by atoms with van der Waals surface area (Å²) in [6.45, 7) is 2.84. The molecule has 0 bridgehead atoms. The number of fused-ring (bicyclic) bond motifs is 1. The zero-order valence-electron chi connectivity index (χ0n) is 10.6. The van der Waals surface area contributed by atoms with Crippen LogP contribution in [0.4, 0.5) is 17.1 Å². The van der Waals surface area contributed by atoms with Crippen molar-refractivity contribution in [2.24, 2.45) is 0 Å². The minimum Gasteiger partial charge on any atom is -0.397 e. The Labute approximate surface area is 115 Å². The Balaban J connectivity index is 1.78. The standard InChI is InChI=1S/C14H15N3OS/c1-8-2-3-10(19-8)7-16-13-6-12-9(4-11(13)15)5-14(18)17-12/h2-4,6,16H,5,7,15H2,1H3,(H,17,18). The summed E-state index contributed by atoms with van der Waals surface area (Å²) < 4.78 is 0. The number of nitrogen functional groups attached to an aromatic ring is 1. The first-order valence-corrected chi connectivity index (χ1v) is 6.95. The maximum atomic E-state index is 11.3. The van der Waals surface area contributed by atoms with Crippen molar-refractivity contribution in [1.82, 2.24) is 0 Å². The van der Waals surface area contributed by atoms with E-state index in [0.29, 0.717) is 12.1 Å². The van der Waals surface area contributed by atoms with E-state index in [4.69, 9.17) is 5.73 Å². The Hall–Kier alpha value is -2.01. The number of amides is 1. The van der Waals surface area contributed by atoms with Crippen molar-refractivity contribution >= 4 is 34.3 Å². The third kappa shape index (κ3) is 2.42. The van der Waals surface area contributed by atoms with Crippen LogP contribution in [0.3, 0.4) is 0 Å². The maximum Gasteiger partial charge on any atom is 0.228 e. The van der Waals surface area contributed by atoms with Crippen LogP contribution in [0.2, 0.25) is 0 Å². The summed E-state index contributed by atoms with van der Waals surface area (Å²) in [4.78, 5) is 13.9. The molecule has 98 valence electrons. The van der Waals surface area contributed by atoms with Crippen molar-refractivity contribution in [2.45, 2.75) is 19.9 Å². The Morgan fingerprint density at radius 2 is 2.26 bits per heavy atom. The number of aryl methyl sites for hydroxylation is 1. The molecule has 4 nitrogen and oxygen atoms in total. The van der Waals surface area contributed by atoms with Crippen LogP contribution < -0.4 is 16.4 Å². The first-order chi connectivity index (χ1) is 9.11. The molecule has 1 aliphatic heterocycles. The molecule has 0 aliphatic carbocycles. The molecule has 0 saturated carbocycles. The number of nitrogens with two attached hydrogens (primary N) is 1. The zero-order valence-corrected chi connectivity index (χ0v) is 11.4. The van der Waals surface area contributed by atoms with Crippen LogP contribution in [-0.4, -0.2) is 5.91 Å². The summed E-state index contributed by atoms with van der Waals surface area (Å²) in [5.41, 5.74) is 9.40. The summed E-state index contributed by atoms with van der Waals surface area (Å²) in [7, 11) is 0. The van der Waals surface area contributed by atoms with Crippen LogP contribution in [-0.2, 0) is 17.8 Å². The third-order valence-corrected chi connectivity index (χ3v) is 4.15. The number of hydrogen-bond donors (Lipinski definition) is 3.